The third-order valence-electron chi connectivity index (χ3n) is 2.43. The molecule has 0 amide bonds. The molecule has 0 aromatic carbocycles. The molecule has 13 heavy (non-hydrogen) atoms. The minimum atomic E-state index is -2.58. The van der Waals surface area contributed by atoms with Crippen molar-refractivity contribution in [2.75, 3.05) is 13.4 Å². The van der Waals surface area contributed by atoms with E-state index in [9.17, 15) is 4.57 Å². The Morgan fingerprint density at radius 1 is 1.38 bits per heavy atom. The van der Waals surface area contributed by atoms with Crippen LogP contribution in [0, 0.1) is 0 Å². The van der Waals surface area contributed by atoms with E-state index < -0.39 is 6.72 Å². The van der Waals surface area contributed by atoms with Gasteiger partial charge in [0.15, 0.2) is 0 Å². The SMILES string of the molecule is COP(=O)(NC1CCCCC1)SC. The summed E-state index contributed by atoms with van der Waals surface area (Å²) in [5.41, 5.74) is 0. The Morgan fingerprint density at radius 2 is 2.00 bits per heavy atom. The number of rotatable bonds is 4. The molecule has 1 aliphatic rings. The van der Waals surface area contributed by atoms with Crippen molar-refractivity contribution in [3.63, 3.8) is 0 Å². The lowest BCUT2D eigenvalue weighted by atomic mass is 9.96. The van der Waals surface area contributed by atoms with Crippen LogP contribution in [0.15, 0.2) is 0 Å². The third kappa shape index (κ3) is 3.62. The number of hydrogen-bond acceptors (Lipinski definition) is 3. The molecule has 3 nitrogen and oxygen atoms in total. The van der Waals surface area contributed by atoms with Crippen LogP contribution in [0.5, 0.6) is 0 Å². The van der Waals surface area contributed by atoms with Crippen LogP contribution in [0.25, 0.3) is 0 Å². The van der Waals surface area contributed by atoms with Crippen molar-refractivity contribution >= 4 is 18.1 Å². The van der Waals surface area contributed by atoms with Gasteiger partial charge in [-0.25, -0.2) is 5.09 Å². The Bertz CT molecular complexity index is 187. The summed E-state index contributed by atoms with van der Waals surface area (Å²) < 4.78 is 16.8. The van der Waals surface area contributed by atoms with E-state index in [1.165, 1.54) is 37.8 Å². The zero-order valence-corrected chi connectivity index (χ0v) is 10.00. The van der Waals surface area contributed by atoms with E-state index in [4.69, 9.17) is 4.52 Å². The summed E-state index contributed by atoms with van der Waals surface area (Å²) in [6, 6.07) is 0.395. The van der Waals surface area contributed by atoms with Gasteiger partial charge in [0.25, 0.3) is 0 Å². The van der Waals surface area contributed by atoms with Gasteiger partial charge >= 0.3 is 6.72 Å². The van der Waals surface area contributed by atoms with Crippen molar-refractivity contribution in [1.29, 1.82) is 0 Å². The van der Waals surface area contributed by atoms with Gasteiger partial charge in [0, 0.05) is 13.2 Å². The Labute approximate surface area is 84.3 Å². The quantitative estimate of drug-likeness (QED) is 0.743. The zero-order valence-electron chi connectivity index (χ0n) is 8.28. The number of nitrogens with one attached hydrogen (secondary N) is 1. The molecule has 1 aliphatic carbocycles. The van der Waals surface area contributed by atoms with Crippen molar-refractivity contribution in [1.82, 2.24) is 5.09 Å². The first-order valence-corrected chi connectivity index (χ1v) is 8.15. The topological polar surface area (TPSA) is 38.3 Å². The van der Waals surface area contributed by atoms with Gasteiger partial charge in [-0.05, 0) is 19.1 Å². The van der Waals surface area contributed by atoms with E-state index in [1.807, 2.05) is 6.26 Å². The highest BCUT2D eigenvalue weighted by Crippen LogP contribution is 2.54. The van der Waals surface area contributed by atoms with Gasteiger partial charge in [0.2, 0.25) is 0 Å². The monoisotopic (exact) mass is 223 g/mol. The molecule has 1 atom stereocenters. The lowest BCUT2D eigenvalue weighted by molar-refractivity contribution is 0.363. The molecule has 5 heteroatoms. The van der Waals surface area contributed by atoms with Crippen LogP contribution in [-0.2, 0) is 9.09 Å². The summed E-state index contributed by atoms with van der Waals surface area (Å²) in [5.74, 6) is 0. The molecule has 0 aliphatic heterocycles. The highest BCUT2D eigenvalue weighted by atomic mass is 32.7. The smallest absolute Gasteiger partial charge is 0.313 e. The maximum absolute atomic E-state index is 11.8. The molecule has 0 saturated heterocycles. The molecule has 1 saturated carbocycles. The van der Waals surface area contributed by atoms with E-state index in [1.54, 1.807) is 0 Å². The minimum Gasteiger partial charge on any atom is -0.313 e. The summed E-state index contributed by atoms with van der Waals surface area (Å²) in [6.07, 6.45) is 7.89. The maximum atomic E-state index is 11.8. The van der Waals surface area contributed by atoms with Crippen LogP contribution in [0.1, 0.15) is 32.1 Å². The van der Waals surface area contributed by atoms with Crippen molar-refractivity contribution < 1.29 is 9.09 Å². The lowest BCUT2D eigenvalue weighted by Gasteiger charge is -2.26. The maximum Gasteiger partial charge on any atom is 0.326 e. The van der Waals surface area contributed by atoms with E-state index in [0.29, 0.717) is 6.04 Å². The van der Waals surface area contributed by atoms with E-state index in [-0.39, 0.29) is 0 Å². The molecule has 0 heterocycles. The first kappa shape index (κ1) is 11.6. The molecule has 1 rings (SSSR count). The normalized spacial score (nSPS) is 24.2. The van der Waals surface area contributed by atoms with Gasteiger partial charge in [-0.1, -0.05) is 30.6 Å². The van der Waals surface area contributed by atoms with Crippen molar-refractivity contribution in [2.45, 2.75) is 38.1 Å². The summed E-state index contributed by atoms with van der Waals surface area (Å²) >= 11 is 1.29. The highest BCUT2D eigenvalue weighted by molar-refractivity contribution is 8.55. The van der Waals surface area contributed by atoms with Crippen LogP contribution >= 0.6 is 18.1 Å². The fraction of sp³-hybridized carbons (Fsp3) is 1.00. The molecular weight excluding hydrogens is 205 g/mol. The second-order valence-electron chi connectivity index (χ2n) is 3.33. The van der Waals surface area contributed by atoms with Crippen LogP contribution in [0.2, 0.25) is 0 Å². The molecule has 0 radical (unpaired) electrons. The van der Waals surface area contributed by atoms with Crippen LogP contribution in [0.3, 0.4) is 0 Å². The first-order chi connectivity index (χ1) is 6.20. The Morgan fingerprint density at radius 3 is 2.46 bits per heavy atom. The van der Waals surface area contributed by atoms with E-state index in [0.717, 1.165) is 12.8 Å². The highest BCUT2D eigenvalue weighted by Gasteiger charge is 2.25. The van der Waals surface area contributed by atoms with Crippen LogP contribution < -0.4 is 5.09 Å². The number of hydrogen-bond donors (Lipinski definition) is 1. The Balaban J connectivity index is 2.40. The molecule has 78 valence electrons. The largest absolute Gasteiger partial charge is 0.326 e. The summed E-state index contributed by atoms with van der Waals surface area (Å²) in [4.78, 5) is 0. The predicted octanol–water partition coefficient (Wildman–Crippen LogP) is 3.03. The molecule has 0 spiro atoms. The van der Waals surface area contributed by atoms with E-state index >= 15 is 0 Å². The van der Waals surface area contributed by atoms with Gasteiger partial charge in [0.1, 0.15) is 0 Å². The van der Waals surface area contributed by atoms with Gasteiger partial charge in [-0.2, -0.15) is 0 Å². The van der Waals surface area contributed by atoms with Crippen molar-refractivity contribution in [2.24, 2.45) is 0 Å². The van der Waals surface area contributed by atoms with Crippen molar-refractivity contribution in [3.8, 4) is 0 Å². The average molecular weight is 223 g/mol. The third-order valence-corrected chi connectivity index (χ3v) is 6.27. The molecule has 1 unspecified atom stereocenters. The molecular formula is C8H18NO2PS. The van der Waals surface area contributed by atoms with Crippen LogP contribution in [-0.4, -0.2) is 19.4 Å². The minimum absolute atomic E-state index is 0.395. The van der Waals surface area contributed by atoms with Crippen LogP contribution in [0.4, 0.5) is 0 Å². The fourth-order valence-electron chi connectivity index (χ4n) is 1.64. The van der Waals surface area contributed by atoms with Gasteiger partial charge in [-0.3, -0.25) is 4.57 Å². The summed E-state index contributed by atoms with van der Waals surface area (Å²) in [6.45, 7) is -2.58. The van der Waals surface area contributed by atoms with Gasteiger partial charge in [-0.15, -0.1) is 0 Å². The van der Waals surface area contributed by atoms with E-state index in [2.05, 4.69) is 5.09 Å². The van der Waals surface area contributed by atoms with Crippen molar-refractivity contribution in [3.05, 3.63) is 0 Å². The first-order valence-electron chi connectivity index (χ1n) is 4.69. The Kier molecular flexibility index (Phi) is 4.81. The second kappa shape index (κ2) is 5.40. The van der Waals surface area contributed by atoms with Gasteiger partial charge < -0.3 is 4.52 Å². The predicted molar refractivity (Wildman–Crippen MR) is 58.1 cm³/mol. The zero-order chi connectivity index (χ0) is 9.73. The average Bonchev–Trinajstić information content (AvgIpc) is 2.19. The standard InChI is InChI=1S/C8H18NO2PS/c1-11-12(10,13-2)9-8-6-4-3-5-7-8/h8H,3-7H2,1-2H3,(H,9,10). The lowest BCUT2D eigenvalue weighted by Crippen LogP contribution is -2.28. The summed E-state index contributed by atoms with van der Waals surface area (Å²) in [7, 11) is 1.51. The molecule has 1 fully saturated rings. The van der Waals surface area contributed by atoms with Gasteiger partial charge in [0.05, 0.1) is 0 Å². The molecule has 0 bridgehead atoms. The Hall–Kier alpha value is 0.500. The second-order valence-corrected chi connectivity index (χ2v) is 7.85. The summed E-state index contributed by atoms with van der Waals surface area (Å²) in [5, 5.41) is 3.13. The molecule has 0 aromatic heterocycles. The molecule has 1 N–H and O–H groups in total. The fourth-order valence-corrected chi connectivity index (χ4v) is 3.91. The molecule has 0 aromatic rings.